The Morgan fingerprint density at radius 2 is 0.694 bits per heavy atom. The topological polar surface area (TPSA) is 58.5 Å². The summed E-state index contributed by atoms with van der Waals surface area (Å²) in [5, 5.41) is 13.5. The molecule has 0 aliphatic carbocycles. The molecule has 13 aromatic rings. The van der Waals surface area contributed by atoms with Crippen LogP contribution in [0.2, 0.25) is 0 Å². The molecule has 0 unspecified atom stereocenters. The van der Waals surface area contributed by atoms with E-state index >= 15 is 0 Å². The number of furan rings is 2. The third-order valence-corrected chi connectivity index (χ3v) is 12.3. The number of aromatic nitrogens is 2. The maximum absolute atomic E-state index is 6.31. The molecule has 0 spiro atoms. The van der Waals surface area contributed by atoms with E-state index < -0.39 is 0 Å². The van der Waals surface area contributed by atoms with Gasteiger partial charge in [0.1, 0.15) is 11.2 Å². The van der Waals surface area contributed by atoms with Crippen LogP contribution in [0.15, 0.2) is 215 Å². The number of hydrogen-bond donors (Lipinski definition) is 0. The number of nitrogens with zero attached hydrogens (tertiary/aromatic N) is 4. The molecule has 0 aliphatic heterocycles. The molecule has 9 aromatic carbocycles. The third kappa shape index (κ3) is 5.37. The first-order chi connectivity index (χ1) is 30.7. The quantitative estimate of drug-likeness (QED) is 0.156. The molecule has 290 valence electrons. The van der Waals surface area contributed by atoms with Crippen LogP contribution in [-0.4, -0.2) is 9.97 Å². The lowest BCUT2D eigenvalue weighted by molar-refractivity contribution is 0.653. The lowest BCUT2D eigenvalue weighted by atomic mass is 9.99. The van der Waals surface area contributed by atoms with Crippen molar-refractivity contribution in [2.45, 2.75) is 0 Å². The van der Waals surface area contributed by atoms with E-state index in [1.807, 2.05) is 12.1 Å². The second-order valence-corrected chi connectivity index (χ2v) is 15.8. The Labute approximate surface area is 355 Å². The summed E-state index contributed by atoms with van der Waals surface area (Å²) in [6.07, 6.45) is 3.55. The Kier molecular flexibility index (Phi) is 7.50. The standard InChI is InChI=1S/C56H34N4O2/c1-3-13-45-35(9-1)11-5-17-51(45)59(41-23-27-47-49-15-7-29-57-55(49)61-53(47)33-41)39-21-25-43-37(31-39)19-20-38-32-40(22-26-44(38)43)60(52-18-6-12-36-10-2-4-14-46(36)52)42-24-28-48-50-16-8-30-58-56(50)62-54(48)34-42/h1-34H. The monoisotopic (exact) mass is 794 g/mol. The zero-order chi connectivity index (χ0) is 40.7. The number of rotatable bonds is 6. The molecule has 6 nitrogen and oxygen atoms in total. The van der Waals surface area contributed by atoms with Crippen molar-refractivity contribution in [1.29, 1.82) is 0 Å². The summed E-state index contributed by atoms with van der Waals surface area (Å²) < 4.78 is 12.6. The second-order valence-electron chi connectivity index (χ2n) is 15.8. The van der Waals surface area contributed by atoms with Gasteiger partial charge in [0.15, 0.2) is 0 Å². The minimum absolute atomic E-state index is 0.641. The van der Waals surface area contributed by atoms with Crippen LogP contribution in [0.1, 0.15) is 0 Å². The lowest BCUT2D eigenvalue weighted by Crippen LogP contribution is -2.10. The van der Waals surface area contributed by atoms with E-state index in [4.69, 9.17) is 8.83 Å². The molecule has 0 fully saturated rings. The molecule has 13 rings (SSSR count). The Balaban J connectivity index is 0.961. The normalized spacial score (nSPS) is 11.9. The van der Waals surface area contributed by atoms with E-state index in [1.54, 1.807) is 12.4 Å². The maximum atomic E-state index is 6.31. The van der Waals surface area contributed by atoms with Crippen LogP contribution in [0.4, 0.5) is 34.1 Å². The van der Waals surface area contributed by atoms with Crippen molar-refractivity contribution in [3.63, 3.8) is 0 Å². The first-order valence-electron chi connectivity index (χ1n) is 20.8. The van der Waals surface area contributed by atoms with Gasteiger partial charge >= 0.3 is 0 Å². The van der Waals surface area contributed by atoms with Gasteiger partial charge in [-0.3, -0.25) is 0 Å². The highest BCUT2D eigenvalue weighted by molar-refractivity contribution is 6.12. The average Bonchev–Trinajstić information content (AvgIpc) is 3.89. The SMILES string of the molecule is c1ccc2c(N(c3ccc4c(ccc5cc(N(c6ccc7c(c6)oc6ncccc67)c6cccc7ccccc67)ccc54)c3)c3ccc4c(c3)oc3ncccc34)cccc2c1. The predicted molar refractivity (Wildman–Crippen MR) is 256 cm³/mol. The van der Waals surface area contributed by atoms with E-state index in [9.17, 15) is 0 Å². The van der Waals surface area contributed by atoms with Crippen molar-refractivity contribution in [2.75, 3.05) is 9.80 Å². The summed E-state index contributed by atoms with van der Waals surface area (Å²) in [6.45, 7) is 0. The molecule has 4 aromatic heterocycles. The summed E-state index contributed by atoms with van der Waals surface area (Å²) in [5.74, 6) is 0. The summed E-state index contributed by atoms with van der Waals surface area (Å²) in [7, 11) is 0. The fraction of sp³-hybridized carbons (Fsp3) is 0. The van der Waals surface area contributed by atoms with Crippen molar-refractivity contribution in [2.24, 2.45) is 0 Å². The van der Waals surface area contributed by atoms with Gasteiger partial charge < -0.3 is 18.6 Å². The first-order valence-corrected chi connectivity index (χ1v) is 20.8. The average molecular weight is 795 g/mol. The van der Waals surface area contributed by atoms with Crippen LogP contribution in [0.25, 0.3) is 87.2 Å². The lowest BCUT2D eigenvalue weighted by Gasteiger charge is -2.28. The molecule has 0 atom stereocenters. The van der Waals surface area contributed by atoms with Crippen LogP contribution in [-0.2, 0) is 0 Å². The fourth-order valence-electron chi connectivity index (χ4n) is 9.46. The molecular formula is C56H34N4O2. The van der Waals surface area contributed by atoms with Gasteiger partial charge in [0.2, 0.25) is 11.4 Å². The molecule has 4 heterocycles. The van der Waals surface area contributed by atoms with E-state index in [-0.39, 0.29) is 0 Å². The van der Waals surface area contributed by atoms with Gasteiger partial charge in [-0.1, -0.05) is 97.1 Å². The van der Waals surface area contributed by atoms with Gasteiger partial charge in [0.05, 0.1) is 11.4 Å². The van der Waals surface area contributed by atoms with Crippen molar-refractivity contribution in [3.05, 3.63) is 207 Å². The molecule has 6 heteroatoms. The molecule has 0 radical (unpaired) electrons. The number of fused-ring (bicyclic) bond motifs is 11. The van der Waals surface area contributed by atoms with Gasteiger partial charge in [0.25, 0.3) is 0 Å². The minimum Gasteiger partial charge on any atom is -0.438 e. The molecule has 0 N–H and O–H groups in total. The van der Waals surface area contributed by atoms with Gasteiger partial charge in [0, 0.05) is 79.6 Å². The summed E-state index contributed by atoms with van der Waals surface area (Å²) in [6, 6.07) is 69.2. The number of benzene rings is 9. The summed E-state index contributed by atoms with van der Waals surface area (Å²) >= 11 is 0. The van der Waals surface area contributed by atoms with E-state index in [0.29, 0.717) is 11.4 Å². The van der Waals surface area contributed by atoms with Crippen molar-refractivity contribution in [3.8, 4) is 0 Å². The summed E-state index contributed by atoms with van der Waals surface area (Å²) in [5.41, 5.74) is 9.18. The van der Waals surface area contributed by atoms with Gasteiger partial charge in [-0.2, -0.15) is 0 Å². The zero-order valence-electron chi connectivity index (χ0n) is 33.2. The molecule has 62 heavy (non-hydrogen) atoms. The Morgan fingerprint density at radius 3 is 1.18 bits per heavy atom. The first kappa shape index (κ1) is 34.4. The number of hydrogen-bond acceptors (Lipinski definition) is 6. The Bertz CT molecular complexity index is 3660. The molecule has 0 bridgehead atoms. The Hall–Kier alpha value is -8.48. The maximum Gasteiger partial charge on any atom is 0.227 e. The Morgan fingerprint density at radius 1 is 0.290 bits per heavy atom. The second kappa shape index (κ2) is 13.5. The molecular weight excluding hydrogens is 761 g/mol. The van der Waals surface area contributed by atoms with E-state index in [1.165, 1.54) is 32.3 Å². The highest BCUT2D eigenvalue weighted by Crippen LogP contribution is 2.45. The van der Waals surface area contributed by atoms with Gasteiger partial charge in [-0.15, -0.1) is 0 Å². The van der Waals surface area contributed by atoms with Crippen LogP contribution < -0.4 is 9.80 Å². The third-order valence-electron chi connectivity index (χ3n) is 12.3. The number of pyridine rings is 2. The molecule has 0 saturated carbocycles. The number of anilines is 6. The van der Waals surface area contributed by atoms with Gasteiger partial charge in [-0.25, -0.2) is 9.97 Å². The fourth-order valence-corrected chi connectivity index (χ4v) is 9.46. The van der Waals surface area contributed by atoms with Crippen molar-refractivity contribution in [1.82, 2.24) is 9.97 Å². The largest absolute Gasteiger partial charge is 0.438 e. The van der Waals surface area contributed by atoms with Crippen molar-refractivity contribution >= 4 is 121 Å². The van der Waals surface area contributed by atoms with Crippen molar-refractivity contribution < 1.29 is 8.83 Å². The van der Waals surface area contributed by atoms with Crippen LogP contribution >= 0.6 is 0 Å². The molecule has 0 saturated heterocycles. The van der Waals surface area contributed by atoms with E-state index in [0.717, 1.165) is 77.6 Å². The highest BCUT2D eigenvalue weighted by Gasteiger charge is 2.21. The van der Waals surface area contributed by atoms with Gasteiger partial charge in [-0.05, 0) is 117 Å². The predicted octanol–water partition coefficient (Wildman–Crippen LogP) is 15.8. The van der Waals surface area contributed by atoms with E-state index in [2.05, 4.69) is 202 Å². The highest BCUT2D eigenvalue weighted by atomic mass is 16.3. The van der Waals surface area contributed by atoms with Crippen LogP contribution in [0.3, 0.4) is 0 Å². The zero-order valence-corrected chi connectivity index (χ0v) is 33.2. The molecule has 0 aliphatic rings. The van der Waals surface area contributed by atoms with Crippen LogP contribution in [0, 0.1) is 0 Å². The summed E-state index contributed by atoms with van der Waals surface area (Å²) in [4.78, 5) is 13.7. The smallest absolute Gasteiger partial charge is 0.227 e. The molecule has 0 amide bonds. The van der Waals surface area contributed by atoms with Crippen LogP contribution in [0.5, 0.6) is 0 Å². The minimum atomic E-state index is 0.641.